The summed E-state index contributed by atoms with van der Waals surface area (Å²) in [5, 5.41) is 4.90. The van der Waals surface area contributed by atoms with Crippen LogP contribution < -0.4 is 21.8 Å². The number of aromatic amines is 2. The first kappa shape index (κ1) is 33.5. The number of carbonyl (C=O) groups is 4. The van der Waals surface area contributed by atoms with Gasteiger partial charge in [-0.3, -0.25) is 9.59 Å². The maximum atomic E-state index is 12.3. The molecule has 14 heteroatoms. The van der Waals surface area contributed by atoms with Gasteiger partial charge in [-0.1, -0.05) is 54.6 Å². The molecule has 0 aliphatic heterocycles. The van der Waals surface area contributed by atoms with Gasteiger partial charge in [0.1, 0.15) is 11.1 Å². The predicted molar refractivity (Wildman–Crippen MR) is 193 cm³/mol. The molecule has 2 aromatic heterocycles. The first-order valence-electron chi connectivity index (χ1n) is 15.2. The highest BCUT2D eigenvalue weighted by molar-refractivity contribution is 7.65. The van der Waals surface area contributed by atoms with Gasteiger partial charge in [-0.2, -0.15) is 0 Å². The zero-order valence-electron chi connectivity index (χ0n) is 26.5. The number of nitrogens with one attached hydrogen (secondary N) is 4. The number of nitrogens with zero attached hydrogens (tertiary/aromatic N) is 2. The van der Waals surface area contributed by atoms with Crippen molar-refractivity contribution in [3.8, 4) is 44.6 Å². The normalized spacial score (nSPS) is 11.5. The van der Waals surface area contributed by atoms with Crippen molar-refractivity contribution in [3.63, 3.8) is 0 Å². The number of ether oxygens (including phenoxy) is 2. The van der Waals surface area contributed by atoms with Crippen LogP contribution in [0.15, 0.2) is 85.1 Å². The van der Waals surface area contributed by atoms with Crippen LogP contribution in [0.5, 0.6) is 0 Å². The lowest BCUT2D eigenvalue weighted by atomic mass is 10.1. The third-order valence-electron chi connectivity index (χ3n) is 7.66. The van der Waals surface area contributed by atoms with Gasteiger partial charge in [0, 0.05) is 30.1 Å². The molecule has 248 valence electrons. The number of imidazole rings is 2. The lowest BCUT2D eigenvalue weighted by Gasteiger charge is -2.02. The Balaban J connectivity index is 1.10. The summed E-state index contributed by atoms with van der Waals surface area (Å²) in [6.07, 6.45) is 0.727. The zero-order chi connectivity index (χ0) is 34.3. The van der Waals surface area contributed by atoms with Crippen molar-refractivity contribution >= 4 is 62.6 Å². The first-order valence-corrected chi connectivity index (χ1v) is 17.2. The quantitative estimate of drug-likeness (QED) is 0.128. The molecule has 12 nitrogen and oxygen atoms in total. The van der Waals surface area contributed by atoms with Crippen molar-refractivity contribution in [1.82, 2.24) is 30.6 Å². The molecule has 2 amide bonds. The summed E-state index contributed by atoms with van der Waals surface area (Å²) in [4.78, 5) is 62.3. The van der Waals surface area contributed by atoms with E-state index in [2.05, 4.69) is 88.6 Å². The number of rotatable bonds is 12. The molecule has 0 saturated heterocycles. The van der Waals surface area contributed by atoms with E-state index in [1.807, 2.05) is 30.3 Å². The summed E-state index contributed by atoms with van der Waals surface area (Å²) in [5.74, 6) is 0. The zero-order valence-corrected chi connectivity index (χ0v) is 28.5. The number of aromatic nitrogens is 4. The Morgan fingerprint density at radius 1 is 0.653 bits per heavy atom. The fraction of sp³-hybridized carbons (Fsp3) is 0.143. The second-order valence-electron chi connectivity index (χ2n) is 10.9. The molecule has 6 rings (SSSR count). The SMILES string of the molecule is COC(=O)NCCC(=O)Pc1ncc(-c2ccc(-c3cc4ccc(-c5ccc6nc(PC(=O)CNC(=O)OC)[nH]c6c5)ccc-4c3)cc2)[nH]1. The molecule has 2 aliphatic rings. The van der Waals surface area contributed by atoms with Gasteiger partial charge in [0.25, 0.3) is 0 Å². The van der Waals surface area contributed by atoms with E-state index in [1.54, 1.807) is 6.20 Å². The smallest absolute Gasteiger partial charge is 0.407 e. The highest BCUT2D eigenvalue weighted by atomic mass is 31.1. The Morgan fingerprint density at radius 2 is 1.22 bits per heavy atom. The van der Waals surface area contributed by atoms with Crippen molar-refractivity contribution in [2.45, 2.75) is 6.42 Å². The molecule has 2 aromatic carbocycles. The molecule has 0 spiro atoms. The average Bonchev–Trinajstić information content (AvgIpc) is 3.82. The molecule has 0 radical (unpaired) electrons. The monoisotopic (exact) mass is 694 g/mol. The number of amides is 2. The van der Waals surface area contributed by atoms with Gasteiger partial charge < -0.3 is 30.1 Å². The summed E-state index contributed by atoms with van der Waals surface area (Å²) in [5.41, 5.74) is 10.8. The second-order valence-corrected chi connectivity index (χ2v) is 13.5. The molecule has 0 bridgehead atoms. The molecule has 49 heavy (non-hydrogen) atoms. The number of hydrogen-bond acceptors (Lipinski definition) is 8. The number of benzene rings is 2. The van der Waals surface area contributed by atoms with Crippen molar-refractivity contribution in [2.75, 3.05) is 27.3 Å². The largest absolute Gasteiger partial charge is 0.453 e. The summed E-state index contributed by atoms with van der Waals surface area (Å²) >= 11 is 0. The summed E-state index contributed by atoms with van der Waals surface area (Å²) < 4.78 is 9.02. The molecule has 0 saturated carbocycles. The molecule has 2 atom stereocenters. The van der Waals surface area contributed by atoms with Crippen molar-refractivity contribution in [1.29, 1.82) is 0 Å². The maximum absolute atomic E-state index is 12.3. The Morgan fingerprint density at radius 3 is 1.92 bits per heavy atom. The Labute approximate surface area is 284 Å². The minimum atomic E-state index is -0.647. The third kappa shape index (κ3) is 8.35. The van der Waals surface area contributed by atoms with Gasteiger partial charge in [0.15, 0.2) is 11.0 Å². The Hall–Kier alpha value is -5.44. The number of H-pyrrole nitrogens is 2. The topological polar surface area (TPSA) is 168 Å². The maximum Gasteiger partial charge on any atom is 0.407 e. The number of alkyl carbamates (subject to hydrolysis) is 2. The Kier molecular flexibility index (Phi) is 10.4. The molecule has 4 aromatic rings. The van der Waals surface area contributed by atoms with Crippen LogP contribution in [0.2, 0.25) is 0 Å². The summed E-state index contributed by atoms with van der Waals surface area (Å²) in [6.45, 7) is 0.106. The fourth-order valence-electron chi connectivity index (χ4n) is 5.17. The van der Waals surface area contributed by atoms with Crippen LogP contribution in [0, 0.1) is 0 Å². The lowest BCUT2D eigenvalue weighted by molar-refractivity contribution is -0.111. The van der Waals surface area contributed by atoms with Crippen molar-refractivity contribution < 1.29 is 28.7 Å². The van der Waals surface area contributed by atoms with Crippen LogP contribution in [-0.2, 0) is 19.1 Å². The summed E-state index contributed by atoms with van der Waals surface area (Å²) in [7, 11) is 2.19. The van der Waals surface area contributed by atoms with E-state index in [0.29, 0.717) is 11.1 Å². The number of hydrogen-bond donors (Lipinski definition) is 4. The van der Waals surface area contributed by atoms with Crippen LogP contribution in [0.25, 0.3) is 55.7 Å². The van der Waals surface area contributed by atoms with Crippen LogP contribution in [0.3, 0.4) is 0 Å². The molecule has 2 unspecified atom stereocenters. The van der Waals surface area contributed by atoms with E-state index in [1.165, 1.54) is 14.2 Å². The van der Waals surface area contributed by atoms with E-state index in [4.69, 9.17) is 0 Å². The van der Waals surface area contributed by atoms with Crippen LogP contribution in [-0.4, -0.2) is 70.5 Å². The minimum Gasteiger partial charge on any atom is -0.453 e. The molecule has 4 N–H and O–H groups in total. The van der Waals surface area contributed by atoms with Gasteiger partial charge in [0.2, 0.25) is 0 Å². The van der Waals surface area contributed by atoms with Gasteiger partial charge in [0.05, 0.1) is 43.7 Å². The van der Waals surface area contributed by atoms with E-state index in [0.717, 1.165) is 55.7 Å². The van der Waals surface area contributed by atoms with E-state index < -0.39 is 12.2 Å². The molecular formula is C35H32N6O6P2. The van der Waals surface area contributed by atoms with E-state index in [-0.39, 0.29) is 47.7 Å². The van der Waals surface area contributed by atoms with E-state index >= 15 is 0 Å². The standard InChI is InChI=1S/C35H32N6O6P2/c1-46-34(44)36-14-13-30(42)48-32-37-18-29(41-32)22-7-3-21(4-8-22)26-15-23-9-5-20(6-10-24(23)16-26)25-11-12-27-28(17-25)40-33(39-27)49-31(43)19-38-35(45)47-2/h3-12,15-18,48-49H,13-14,19H2,1-2H3,(H,36,44)(H,37,41)(H,38,45)(H,39,40). The van der Waals surface area contributed by atoms with Gasteiger partial charge in [-0.15, -0.1) is 0 Å². The van der Waals surface area contributed by atoms with E-state index in [9.17, 15) is 19.2 Å². The number of carbonyl (C=O) groups excluding carboxylic acids is 4. The lowest BCUT2D eigenvalue weighted by Crippen LogP contribution is -2.28. The average molecular weight is 695 g/mol. The highest BCUT2D eigenvalue weighted by Crippen LogP contribution is 2.34. The fourth-order valence-corrected chi connectivity index (χ4v) is 6.83. The predicted octanol–water partition coefficient (Wildman–Crippen LogP) is 5.15. The van der Waals surface area contributed by atoms with Gasteiger partial charge in [-0.25, -0.2) is 19.6 Å². The third-order valence-corrected chi connectivity index (χ3v) is 9.61. The van der Waals surface area contributed by atoms with Crippen molar-refractivity contribution in [3.05, 3.63) is 85.1 Å². The first-order chi connectivity index (χ1) is 23.8. The molecule has 2 aliphatic carbocycles. The molecule has 2 heterocycles. The van der Waals surface area contributed by atoms with Crippen LogP contribution in [0.1, 0.15) is 6.42 Å². The van der Waals surface area contributed by atoms with Gasteiger partial charge >= 0.3 is 12.2 Å². The van der Waals surface area contributed by atoms with Gasteiger partial charge in [-0.05, 0) is 63.2 Å². The molecule has 0 fully saturated rings. The van der Waals surface area contributed by atoms with Crippen LogP contribution >= 0.6 is 17.2 Å². The number of methoxy groups -OCH3 is 2. The number of fused-ring (bicyclic) bond motifs is 2. The van der Waals surface area contributed by atoms with Crippen molar-refractivity contribution in [2.24, 2.45) is 0 Å². The Bertz CT molecular complexity index is 2090. The van der Waals surface area contributed by atoms with Crippen LogP contribution in [0.4, 0.5) is 9.59 Å². The minimum absolute atomic E-state index is 0.0112. The highest BCUT2D eigenvalue weighted by Gasteiger charge is 2.13. The second kappa shape index (κ2) is 15.2. The summed E-state index contributed by atoms with van der Waals surface area (Å²) in [6, 6.07) is 26.9. The molecular weight excluding hydrogens is 662 g/mol.